The second kappa shape index (κ2) is 10.3. The SMILES string of the molecule is CC(=O)O[C@H]1[C@@H](O)[C@@H](CO[Si](C)(C)C(C)(C)C)N(Cc2ccccc2)[C@@H]1C(=O)OC(C)(C)C. The van der Waals surface area contributed by atoms with Gasteiger partial charge in [0.05, 0.1) is 12.6 Å². The molecule has 0 aliphatic carbocycles. The molecular weight excluding hydrogens is 438 g/mol. The number of rotatable bonds is 7. The Balaban J connectivity index is 2.45. The molecule has 1 aliphatic rings. The Hall–Kier alpha value is -1.74. The molecule has 186 valence electrons. The maximum atomic E-state index is 13.3. The van der Waals surface area contributed by atoms with Crippen molar-refractivity contribution in [3.8, 4) is 0 Å². The van der Waals surface area contributed by atoms with Crippen LogP contribution in [0.3, 0.4) is 0 Å². The van der Waals surface area contributed by atoms with Crippen molar-refractivity contribution in [1.82, 2.24) is 4.90 Å². The lowest BCUT2D eigenvalue weighted by Gasteiger charge is -2.38. The zero-order chi connectivity index (χ0) is 25.2. The van der Waals surface area contributed by atoms with E-state index < -0.39 is 50.1 Å². The van der Waals surface area contributed by atoms with Gasteiger partial charge in [-0.2, -0.15) is 0 Å². The summed E-state index contributed by atoms with van der Waals surface area (Å²) >= 11 is 0. The molecule has 0 aromatic heterocycles. The summed E-state index contributed by atoms with van der Waals surface area (Å²) in [6, 6.07) is 8.21. The molecule has 0 radical (unpaired) electrons. The lowest BCUT2D eigenvalue weighted by atomic mass is 10.1. The number of aliphatic hydroxyl groups excluding tert-OH is 1. The fourth-order valence-electron chi connectivity index (χ4n) is 3.67. The first kappa shape index (κ1) is 27.5. The summed E-state index contributed by atoms with van der Waals surface area (Å²) in [5.41, 5.74) is 0.246. The van der Waals surface area contributed by atoms with E-state index in [0.717, 1.165) is 5.56 Å². The van der Waals surface area contributed by atoms with Crippen molar-refractivity contribution in [2.45, 2.75) is 103 Å². The number of likely N-dealkylation sites (tertiary alicyclic amines) is 1. The standard InChI is InChI=1S/C25H41NO6Si/c1-17(27)31-22-20(23(29)32-24(2,3)4)26(15-18-13-11-10-12-14-18)19(21(22)28)16-30-33(8,9)25(5,6)7/h10-14,19-22,28H,15-16H2,1-9H3/t19-,20+,21+,22-/m1/s1. The number of hydrogen-bond acceptors (Lipinski definition) is 7. The van der Waals surface area contributed by atoms with E-state index in [0.29, 0.717) is 6.54 Å². The van der Waals surface area contributed by atoms with E-state index in [9.17, 15) is 14.7 Å². The highest BCUT2D eigenvalue weighted by atomic mass is 28.4. The van der Waals surface area contributed by atoms with Crippen molar-refractivity contribution in [2.75, 3.05) is 6.61 Å². The summed E-state index contributed by atoms with van der Waals surface area (Å²) < 4.78 is 17.6. The zero-order valence-corrected chi connectivity index (χ0v) is 22.5. The van der Waals surface area contributed by atoms with Gasteiger partial charge in [-0.15, -0.1) is 0 Å². The first-order valence-corrected chi connectivity index (χ1v) is 14.5. The number of carbonyl (C=O) groups is 2. The summed E-state index contributed by atoms with van der Waals surface area (Å²) in [5.74, 6) is -1.09. The van der Waals surface area contributed by atoms with Crippen molar-refractivity contribution in [2.24, 2.45) is 0 Å². The molecule has 1 saturated heterocycles. The van der Waals surface area contributed by atoms with E-state index in [-0.39, 0.29) is 11.6 Å². The first-order valence-electron chi connectivity index (χ1n) is 11.6. The summed E-state index contributed by atoms with van der Waals surface area (Å²) in [6.45, 7) is 18.0. The van der Waals surface area contributed by atoms with Crippen molar-refractivity contribution in [3.05, 3.63) is 35.9 Å². The highest BCUT2D eigenvalue weighted by molar-refractivity contribution is 6.74. The van der Waals surface area contributed by atoms with E-state index >= 15 is 0 Å². The zero-order valence-electron chi connectivity index (χ0n) is 21.5. The monoisotopic (exact) mass is 479 g/mol. The summed E-state index contributed by atoms with van der Waals surface area (Å²) in [4.78, 5) is 27.1. The number of aliphatic hydroxyl groups is 1. The minimum atomic E-state index is -2.13. The molecule has 1 aromatic rings. The van der Waals surface area contributed by atoms with Crippen molar-refractivity contribution < 1.29 is 28.6 Å². The largest absolute Gasteiger partial charge is 0.459 e. The van der Waals surface area contributed by atoms with Crippen LogP contribution in [0.1, 0.15) is 54.0 Å². The molecule has 8 heteroatoms. The smallest absolute Gasteiger partial charge is 0.327 e. The summed E-state index contributed by atoms with van der Waals surface area (Å²) in [7, 11) is -2.13. The second-order valence-electron chi connectivity index (χ2n) is 11.3. The van der Waals surface area contributed by atoms with Crippen LogP contribution < -0.4 is 0 Å². The Bertz CT molecular complexity index is 814. The Morgan fingerprint density at radius 3 is 2.12 bits per heavy atom. The van der Waals surface area contributed by atoms with Gasteiger partial charge in [-0.25, -0.2) is 0 Å². The fraction of sp³-hybridized carbons (Fsp3) is 0.680. The van der Waals surface area contributed by atoms with Gasteiger partial charge in [-0.1, -0.05) is 51.1 Å². The average Bonchev–Trinajstić information content (AvgIpc) is 2.89. The number of ether oxygens (including phenoxy) is 2. The van der Waals surface area contributed by atoms with E-state index in [2.05, 4.69) is 33.9 Å². The predicted octanol–water partition coefficient (Wildman–Crippen LogP) is 3.90. The molecule has 2 rings (SSSR count). The van der Waals surface area contributed by atoms with E-state index in [4.69, 9.17) is 13.9 Å². The molecule has 33 heavy (non-hydrogen) atoms. The van der Waals surface area contributed by atoms with E-state index in [1.54, 1.807) is 20.8 Å². The summed E-state index contributed by atoms with van der Waals surface area (Å²) in [6.07, 6.45) is -2.14. The third-order valence-corrected chi connectivity index (χ3v) is 10.9. The fourth-order valence-corrected chi connectivity index (χ4v) is 4.69. The third kappa shape index (κ3) is 7.12. The minimum absolute atomic E-state index is 0.0132. The number of hydrogen-bond donors (Lipinski definition) is 1. The number of nitrogens with zero attached hydrogens (tertiary/aromatic N) is 1. The maximum Gasteiger partial charge on any atom is 0.327 e. The van der Waals surface area contributed by atoms with Crippen LogP contribution >= 0.6 is 0 Å². The van der Waals surface area contributed by atoms with Gasteiger partial charge in [0, 0.05) is 13.5 Å². The molecule has 0 bridgehead atoms. The van der Waals surface area contributed by atoms with Crippen LogP contribution in [0.2, 0.25) is 18.1 Å². The van der Waals surface area contributed by atoms with E-state index in [1.807, 2.05) is 35.2 Å². The Kier molecular flexibility index (Phi) is 8.55. The molecule has 0 saturated carbocycles. The van der Waals surface area contributed by atoms with Gasteiger partial charge in [-0.3, -0.25) is 14.5 Å². The van der Waals surface area contributed by atoms with Crippen LogP contribution in [-0.2, 0) is 30.0 Å². The Morgan fingerprint density at radius 1 is 1.06 bits per heavy atom. The van der Waals surface area contributed by atoms with E-state index in [1.165, 1.54) is 6.92 Å². The van der Waals surface area contributed by atoms with Crippen LogP contribution in [0.4, 0.5) is 0 Å². The minimum Gasteiger partial charge on any atom is -0.459 e. The maximum absolute atomic E-state index is 13.3. The summed E-state index contributed by atoms with van der Waals surface area (Å²) in [5, 5.41) is 11.3. The van der Waals surface area contributed by atoms with Gasteiger partial charge in [0.2, 0.25) is 0 Å². The van der Waals surface area contributed by atoms with Crippen LogP contribution in [0, 0.1) is 0 Å². The molecule has 0 spiro atoms. The lowest BCUT2D eigenvalue weighted by molar-refractivity contribution is -0.169. The highest BCUT2D eigenvalue weighted by Crippen LogP contribution is 2.38. The lowest BCUT2D eigenvalue weighted by Crippen LogP contribution is -2.50. The van der Waals surface area contributed by atoms with Crippen LogP contribution in [-0.4, -0.2) is 66.8 Å². The Labute approximate surface area is 199 Å². The number of benzene rings is 1. The molecule has 1 N–H and O–H groups in total. The molecule has 1 aliphatic heterocycles. The van der Waals surface area contributed by atoms with Gasteiger partial charge in [0.25, 0.3) is 0 Å². The molecule has 0 amide bonds. The molecule has 1 aromatic carbocycles. The Morgan fingerprint density at radius 2 is 1.64 bits per heavy atom. The van der Waals surface area contributed by atoms with Gasteiger partial charge < -0.3 is 19.0 Å². The van der Waals surface area contributed by atoms with Gasteiger partial charge in [0.15, 0.2) is 14.4 Å². The van der Waals surface area contributed by atoms with Gasteiger partial charge in [-0.05, 0) is 44.5 Å². The average molecular weight is 480 g/mol. The van der Waals surface area contributed by atoms with Crippen LogP contribution in [0.15, 0.2) is 30.3 Å². The normalized spacial score (nSPS) is 24.5. The molecule has 4 atom stereocenters. The van der Waals surface area contributed by atoms with Crippen molar-refractivity contribution in [3.63, 3.8) is 0 Å². The first-order chi connectivity index (χ1) is 15.0. The highest BCUT2D eigenvalue weighted by Gasteiger charge is 2.55. The molecule has 1 fully saturated rings. The van der Waals surface area contributed by atoms with Crippen molar-refractivity contribution >= 4 is 20.3 Å². The van der Waals surface area contributed by atoms with Crippen LogP contribution in [0.25, 0.3) is 0 Å². The third-order valence-electron chi connectivity index (χ3n) is 6.40. The molecule has 0 unspecified atom stereocenters. The molecule has 7 nitrogen and oxygen atoms in total. The quantitative estimate of drug-likeness (QED) is 0.469. The second-order valence-corrected chi connectivity index (χ2v) is 16.1. The van der Waals surface area contributed by atoms with Gasteiger partial charge >= 0.3 is 11.9 Å². The van der Waals surface area contributed by atoms with Gasteiger partial charge in [0.1, 0.15) is 17.7 Å². The predicted molar refractivity (Wildman–Crippen MR) is 130 cm³/mol. The number of carbonyl (C=O) groups excluding carboxylic acids is 2. The van der Waals surface area contributed by atoms with Crippen LogP contribution in [0.5, 0.6) is 0 Å². The number of esters is 2. The van der Waals surface area contributed by atoms with Crippen molar-refractivity contribution in [1.29, 1.82) is 0 Å². The molecule has 1 heterocycles. The molecular formula is C25H41NO6Si. The topological polar surface area (TPSA) is 85.3 Å².